The maximum Gasteiger partial charge on any atom is 0.251 e. The number of hydrogen-bond acceptors (Lipinski definition) is 4. The fourth-order valence-corrected chi connectivity index (χ4v) is 4.22. The highest BCUT2D eigenvalue weighted by Gasteiger charge is 2.26. The van der Waals surface area contributed by atoms with Gasteiger partial charge in [0.2, 0.25) is 5.91 Å². The van der Waals surface area contributed by atoms with Crippen molar-refractivity contribution in [3.63, 3.8) is 0 Å². The average Bonchev–Trinajstić information content (AvgIpc) is 2.75. The Morgan fingerprint density at radius 3 is 2.32 bits per heavy atom. The highest BCUT2D eigenvalue weighted by molar-refractivity contribution is 5.94. The first-order valence-corrected chi connectivity index (χ1v) is 10.5. The second-order valence-electron chi connectivity index (χ2n) is 8.05. The number of rotatable bonds is 6. The van der Waals surface area contributed by atoms with Gasteiger partial charge >= 0.3 is 0 Å². The minimum atomic E-state index is -0.0470. The van der Waals surface area contributed by atoms with Crippen molar-refractivity contribution in [2.24, 2.45) is 0 Å². The molecular formula is C22H33N3O3. The third kappa shape index (κ3) is 5.47. The molecule has 3 rings (SSSR count). The number of likely N-dealkylation sites (N-methyl/N-ethyl adjacent to an activating group) is 1. The third-order valence-corrected chi connectivity index (χ3v) is 6.15. The summed E-state index contributed by atoms with van der Waals surface area (Å²) in [6, 6.07) is 7.74. The number of amides is 2. The molecule has 0 spiro atoms. The van der Waals surface area contributed by atoms with Crippen LogP contribution in [0.15, 0.2) is 24.3 Å². The topological polar surface area (TPSA) is 61.9 Å². The van der Waals surface area contributed by atoms with E-state index in [0.29, 0.717) is 18.2 Å². The largest absolute Gasteiger partial charge is 0.497 e. The van der Waals surface area contributed by atoms with Gasteiger partial charge < -0.3 is 15.0 Å². The van der Waals surface area contributed by atoms with Gasteiger partial charge in [-0.2, -0.15) is 0 Å². The molecule has 1 saturated heterocycles. The van der Waals surface area contributed by atoms with Gasteiger partial charge in [-0.25, -0.2) is 0 Å². The van der Waals surface area contributed by atoms with Crippen molar-refractivity contribution < 1.29 is 14.3 Å². The Morgan fingerprint density at radius 1 is 1.07 bits per heavy atom. The average molecular weight is 388 g/mol. The molecule has 1 heterocycles. The highest BCUT2D eigenvalue weighted by atomic mass is 16.5. The molecule has 1 aliphatic carbocycles. The summed E-state index contributed by atoms with van der Waals surface area (Å²) in [5.74, 6) is 0.926. The van der Waals surface area contributed by atoms with E-state index in [-0.39, 0.29) is 17.9 Å². The van der Waals surface area contributed by atoms with Crippen LogP contribution in [0.1, 0.15) is 55.3 Å². The maximum atomic E-state index is 12.6. The molecule has 6 heteroatoms. The minimum absolute atomic E-state index is 0.0470. The van der Waals surface area contributed by atoms with Crippen LogP contribution < -0.4 is 10.1 Å². The Hall–Kier alpha value is -2.08. The lowest BCUT2D eigenvalue weighted by Gasteiger charge is -2.35. The molecule has 28 heavy (non-hydrogen) atoms. The van der Waals surface area contributed by atoms with Gasteiger partial charge in [0.25, 0.3) is 5.91 Å². The molecule has 1 aliphatic heterocycles. The number of nitrogens with one attached hydrogen (secondary N) is 1. The van der Waals surface area contributed by atoms with E-state index in [0.717, 1.165) is 44.5 Å². The smallest absolute Gasteiger partial charge is 0.251 e. The lowest BCUT2D eigenvalue weighted by Crippen LogP contribution is -2.49. The monoisotopic (exact) mass is 387 g/mol. The van der Waals surface area contributed by atoms with E-state index in [2.05, 4.69) is 10.2 Å². The molecular weight excluding hydrogens is 354 g/mol. The van der Waals surface area contributed by atoms with E-state index in [9.17, 15) is 9.59 Å². The molecule has 1 N–H and O–H groups in total. The van der Waals surface area contributed by atoms with Crippen molar-refractivity contribution in [1.82, 2.24) is 15.1 Å². The number of carbonyl (C=O) groups is 2. The Morgan fingerprint density at radius 2 is 1.71 bits per heavy atom. The van der Waals surface area contributed by atoms with Gasteiger partial charge in [0.05, 0.1) is 13.7 Å². The van der Waals surface area contributed by atoms with E-state index >= 15 is 0 Å². The fraction of sp³-hybridized carbons (Fsp3) is 0.636. The number of likely N-dealkylation sites (tertiary alicyclic amines) is 1. The van der Waals surface area contributed by atoms with Crippen molar-refractivity contribution in [2.75, 3.05) is 33.8 Å². The lowest BCUT2D eigenvalue weighted by atomic mass is 9.94. The van der Waals surface area contributed by atoms with Crippen molar-refractivity contribution in [1.29, 1.82) is 0 Å². The summed E-state index contributed by atoms with van der Waals surface area (Å²) in [6.07, 6.45) is 7.81. The molecule has 0 aromatic heterocycles. The second-order valence-corrected chi connectivity index (χ2v) is 8.05. The summed E-state index contributed by atoms with van der Waals surface area (Å²) < 4.78 is 5.13. The van der Waals surface area contributed by atoms with Crippen LogP contribution in [-0.4, -0.2) is 67.5 Å². The van der Waals surface area contributed by atoms with E-state index in [1.165, 1.54) is 19.3 Å². The van der Waals surface area contributed by atoms with Crippen molar-refractivity contribution in [2.45, 2.75) is 57.0 Å². The molecule has 0 unspecified atom stereocenters. The zero-order valence-electron chi connectivity index (χ0n) is 17.2. The summed E-state index contributed by atoms with van der Waals surface area (Å²) in [4.78, 5) is 29.2. The first kappa shape index (κ1) is 20.6. The number of ether oxygens (including phenoxy) is 1. The lowest BCUT2D eigenvalue weighted by molar-refractivity contribution is -0.134. The van der Waals surface area contributed by atoms with E-state index in [1.807, 2.05) is 11.9 Å². The van der Waals surface area contributed by atoms with E-state index in [1.54, 1.807) is 31.4 Å². The molecule has 1 aromatic rings. The van der Waals surface area contributed by atoms with Crippen LogP contribution >= 0.6 is 0 Å². The van der Waals surface area contributed by atoms with Gasteiger partial charge in [-0.1, -0.05) is 19.3 Å². The molecule has 154 valence electrons. The van der Waals surface area contributed by atoms with Gasteiger partial charge in [0, 0.05) is 37.8 Å². The number of hydrogen-bond donors (Lipinski definition) is 1. The first-order valence-electron chi connectivity index (χ1n) is 10.5. The third-order valence-electron chi connectivity index (χ3n) is 6.15. The van der Waals surface area contributed by atoms with Crippen molar-refractivity contribution in [3.8, 4) is 5.75 Å². The summed E-state index contributed by atoms with van der Waals surface area (Å²) >= 11 is 0. The van der Waals surface area contributed by atoms with Crippen LogP contribution in [0.2, 0.25) is 0 Å². The van der Waals surface area contributed by atoms with Crippen LogP contribution in [0.5, 0.6) is 5.75 Å². The van der Waals surface area contributed by atoms with Gasteiger partial charge in [-0.05, 0) is 49.9 Å². The van der Waals surface area contributed by atoms with Gasteiger partial charge in [0.15, 0.2) is 0 Å². The summed E-state index contributed by atoms with van der Waals surface area (Å²) in [5.41, 5.74) is 0.646. The Labute approximate surface area is 168 Å². The molecule has 0 atom stereocenters. The standard InChI is InChI=1S/C22H33N3O3/c1-24(19-6-4-3-5-7-19)21(26)16-25-14-12-18(13-15-25)23-22(27)17-8-10-20(28-2)11-9-17/h8-11,18-19H,3-7,12-16H2,1-2H3,(H,23,27). The SMILES string of the molecule is COc1ccc(C(=O)NC2CCN(CC(=O)N(C)C3CCCCC3)CC2)cc1. The van der Waals surface area contributed by atoms with Crippen LogP contribution in [0.4, 0.5) is 0 Å². The molecule has 2 amide bonds. The Kier molecular flexibility index (Phi) is 7.31. The summed E-state index contributed by atoms with van der Waals surface area (Å²) in [6.45, 7) is 2.18. The van der Waals surface area contributed by atoms with E-state index < -0.39 is 0 Å². The molecule has 2 aliphatic rings. The quantitative estimate of drug-likeness (QED) is 0.815. The number of carbonyl (C=O) groups excluding carboxylic acids is 2. The maximum absolute atomic E-state index is 12.6. The van der Waals surface area contributed by atoms with Crippen LogP contribution in [0.25, 0.3) is 0 Å². The number of nitrogens with zero attached hydrogens (tertiary/aromatic N) is 2. The zero-order valence-corrected chi connectivity index (χ0v) is 17.2. The number of methoxy groups -OCH3 is 1. The molecule has 1 saturated carbocycles. The van der Waals surface area contributed by atoms with Crippen LogP contribution in [0, 0.1) is 0 Å². The van der Waals surface area contributed by atoms with Crippen molar-refractivity contribution >= 4 is 11.8 Å². The zero-order chi connectivity index (χ0) is 19.9. The van der Waals surface area contributed by atoms with Gasteiger partial charge in [-0.3, -0.25) is 14.5 Å². The highest BCUT2D eigenvalue weighted by Crippen LogP contribution is 2.22. The normalized spacial score (nSPS) is 19.2. The molecule has 2 fully saturated rings. The minimum Gasteiger partial charge on any atom is -0.497 e. The molecule has 1 aromatic carbocycles. The Bertz CT molecular complexity index is 647. The molecule has 6 nitrogen and oxygen atoms in total. The first-order chi connectivity index (χ1) is 13.6. The summed E-state index contributed by atoms with van der Waals surface area (Å²) in [5, 5.41) is 3.12. The van der Waals surface area contributed by atoms with E-state index in [4.69, 9.17) is 4.74 Å². The van der Waals surface area contributed by atoms with Gasteiger partial charge in [-0.15, -0.1) is 0 Å². The van der Waals surface area contributed by atoms with Crippen LogP contribution in [-0.2, 0) is 4.79 Å². The predicted octanol–water partition coefficient (Wildman–Crippen LogP) is 2.68. The molecule has 0 bridgehead atoms. The van der Waals surface area contributed by atoms with Crippen LogP contribution in [0.3, 0.4) is 0 Å². The number of benzene rings is 1. The summed E-state index contributed by atoms with van der Waals surface area (Å²) in [7, 11) is 3.57. The van der Waals surface area contributed by atoms with Crippen molar-refractivity contribution in [3.05, 3.63) is 29.8 Å². The number of piperidine rings is 1. The fourth-order valence-electron chi connectivity index (χ4n) is 4.22. The second kappa shape index (κ2) is 9.92. The molecule has 0 radical (unpaired) electrons. The van der Waals surface area contributed by atoms with Gasteiger partial charge in [0.1, 0.15) is 5.75 Å². The Balaban J connectivity index is 1.41. The predicted molar refractivity (Wildman–Crippen MR) is 110 cm³/mol.